The normalized spacial score (nSPS) is 24.4. The molecule has 1 aromatic carbocycles. The molecule has 17 heavy (non-hydrogen) atoms. The van der Waals surface area contributed by atoms with E-state index in [1.807, 2.05) is 12.1 Å². The molecule has 3 nitrogen and oxygen atoms in total. The lowest BCUT2D eigenvalue weighted by atomic mass is 10.0. The van der Waals surface area contributed by atoms with Crippen LogP contribution in [-0.2, 0) is 0 Å². The van der Waals surface area contributed by atoms with Crippen molar-refractivity contribution < 1.29 is 0 Å². The second-order valence-electron chi connectivity index (χ2n) is 4.41. The summed E-state index contributed by atoms with van der Waals surface area (Å²) in [7, 11) is 0. The zero-order chi connectivity index (χ0) is 12.3. The average Bonchev–Trinajstić information content (AvgIpc) is 2.32. The van der Waals surface area contributed by atoms with Crippen LogP contribution >= 0.6 is 15.9 Å². The lowest BCUT2D eigenvalue weighted by molar-refractivity contribution is 0.417. The van der Waals surface area contributed by atoms with Gasteiger partial charge in [-0.15, -0.1) is 0 Å². The summed E-state index contributed by atoms with van der Waals surface area (Å²) in [6.45, 7) is 4.05. The molecule has 1 heterocycles. The fraction of sp³-hybridized carbons (Fsp3) is 0.462. The monoisotopic (exact) mass is 293 g/mol. The van der Waals surface area contributed by atoms with Crippen molar-refractivity contribution in [2.45, 2.75) is 25.4 Å². The Morgan fingerprint density at radius 1 is 1.41 bits per heavy atom. The lowest BCUT2D eigenvalue weighted by Crippen LogP contribution is -2.56. The third-order valence-corrected chi connectivity index (χ3v) is 3.67. The summed E-state index contributed by atoms with van der Waals surface area (Å²) >= 11 is 3.45. The van der Waals surface area contributed by atoms with Crippen molar-refractivity contribution in [1.82, 2.24) is 5.32 Å². The first-order valence-corrected chi connectivity index (χ1v) is 6.63. The number of hydrogen-bond acceptors (Lipinski definition) is 3. The molecule has 2 atom stereocenters. The summed E-state index contributed by atoms with van der Waals surface area (Å²) in [4.78, 5) is 2.35. The predicted octanol–water partition coefficient (Wildman–Crippen LogP) is 2.53. The Hall–Kier alpha value is -1.05. The first-order chi connectivity index (χ1) is 8.22. The van der Waals surface area contributed by atoms with Gasteiger partial charge in [0.05, 0.1) is 18.5 Å². The van der Waals surface area contributed by atoms with Crippen molar-refractivity contribution in [3.05, 3.63) is 28.7 Å². The zero-order valence-electron chi connectivity index (χ0n) is 9.86. The summed E-state index contributed by atoms with van der Waals surface area (Å²) in [5.41, 5.74) is 1.20. The fourth-order valence-corrected chi connectivity index (χ4v) is 2.63. The van der Waals surface area contributed by atoms with Gasteiger partial charge >= 0.3 is 0 Å². The number of rotatable bonds is 2. The van der Waals surface area contributed by atoms with Gasteiger partial charge in [0.25, 0.3) is 0 Å². The number of anilines is 1. The van der Waals surface area contributed by atoms with Gasteiger partial charge in [-0.2, -0.15) is 5.26 Å². The molecule has 1 aliphatic heterocycles. The van der Waals surface area contributed by atoms with E-state index in [2.05, 4.69) is 51.3 Å². The van der Waals surface area contributed by atoms with Crippen LogP contribution in [-0.4, -0.2) is 25.2 Å². The number of nitriles is 1. The topological polar surface area (TPSA) is 39.1 Å². The third-order valence-electron chi connectivity index (χ3n) is 3.14. The Kier molecular flexibility index (Phi) is 4.03. The van der Waals surface area contributed by atoms with E-state index in [0.29, 0.717) is 12.5 Å². The molecule has 1 aromatic rings. The van der Waals surface area contributed by atoms with Crippen LogP contribution in [0.1, 0.15) is 13.3 Å². The maximum Gasteiger partial charge on any atom is 0.0643 e. The highest BCUT2D eigenvalue weighted by Crippen LogP contribution is 2.25. The Bertz CT molecular complexity index is 410. The summed E-state index contributed by atoms with van der Waals surface area (Å²) in [6.07, 6.45) is 0.563. The molecule has 0 amide bonds. The first kappa shape index (κ1) is 12.4. The van der Waals surface area contributed by atoms with Gasteiger partial charge in [0.1, 0.15) is 0 Å². The SMILES string of the molecule is CC1CNCC(CC#N)N1c1ccc(Br)cc1. The highest BCUT2D eigenvalue weighted by atomic mass is 79.9. The number of halogens is 1. The molecule has 0 spiro atoms. The molecule has 0 aromatic heterocycles. The average molecular weight is 294 g/mol. The molecule has 2 rings (SSSR count). The van der Waals surface area contributed by atoms with E-state index in [-0.39, 0.29) is 6.04 Å². The number of nitrogens with zero attached hydrogens (tertiary/aromatic N) is 2. The molecule has 1 saturated heterocycles. The molecule has 90 valence electrons. The van der Waals surface area contributed by atoms with E-state index < -0.39 is 0 Å². The van der Waals surface area contributed by atoms with Crippen LogP contribution < -0.4 is 10.2 Å². The molecule has 0 bridgehead atoms. The Morgan fingerprint density at radius 3 is 2.76 bits per heavy atom. The Labute approximate surface area is 111 Å². The lowest BCUT2D eigenvalue weighted by Gasteiger charge is -2.42. The summed E-state index contributed by atoms with van der Waals surface area (Å²) in [5, 5.41) is 12.3. The summed E-state index contributed by atoms with van der Waals surface area (Å²) < 4.78 is 1.08. The minimum absolute atomic E-state index is 0.268. The largest absolute Gasteiger partial charge is 0.362 e. The molecule has 1 fully saturated rings. The van der Waals surface area contributed by atoms with Gasteiger partial charge < -0.3 is 10.2 Å². The van der Waals surface area contributed by atoms with E-state index in [9.17, 15) is 0 Å². The second kappa shape index (κ2) is 5.52. The Morgan fingerprint density at radius 2 is 2.12 bits per heavy atom. The standard InChI is InChI=1S/C13H16BrN3/c1-10-8-16-9-13(6-7-15)17(10)12-4-2-11(14)3-5-12/h2-5,10,13,16H,6,8-9H2,1H3. The van der Waals surface area contributed by atoms with E-state index >= 15 is 0 Å². The van der Waals surface area contributed by atoms with Crippen molar-refractivity contribution in [2.75, 3.05) is 18.0 Å². The molecular weight excluding hydrogens is 278 g/mol. The van der Waals surface area contributed by atoms with Crippen molar-refractivity contribution >= 4 is 21.6 Å². The van der Waals surface area contributed by atoms with Crippen LogP contribution in [0.4, 0.5) is 5.69 Å². The molecule has 0 saturated carbocycles. The highest BCUT2D eigenvalue weighted by molar-refractivity contribution is 9.10. The first-order valence-electron chi connectivity index (χ1n) is 5.84. The molecule has 1 aliphatic rings. The molecular formula is C13H16BrN3. The maximum atomic E-state index is 8.90. The number of nitrogens with one attached hydrogen (secondary N) is 1. The second-order valence-corrected chi connectivity index (χ2v) is 5.32. The number of piperazine rings is 1. The van der Waals surface area contributed by atoms with Gasteiger partial charge in [0, 0.05) is 29.3 Å². The maximum absolute atomic E-state index is 8.90. The smallest absolute Gasteiger partial charge is 0.0643 e. The van der Waals surface area contributed by atoms with E-state index in [0.717, 1.165) is 17.6 Å². The van der Waals surface area contributed by atoms with Crippen LogP contribution in [0, 0.1) is 11.3 Å². The molecule has 1 N–H and O–H groups in total. The summed E-state index contributed by atoms with van der Waals surface area (Å²) in [6, 6.07) is 11.3. The van der Waals surface area contributed by atoms with Gasteiger partial charge in [-0.25, -0.2) is 0 Å². The van der Waals surface area contributed by atoms with Gasteiger partial charge in [0.15, 0.2) is 0 Å². The molecule has 0 aliphatic carbocycles. The summed E-state index contributed by atoms with van der Waals surface area (Å²) in [5.74, 6) is 0. The van der Waals surface area contributed by atoms with E-state index in [1.165, 1.54) is 5.69 Å². The van der Waals surface area contributed by atoms with Crippen LogP contribution in [0.5, 0.6) is 0 Å². The van der Waals surface area contributed by atoms with Crippen molar-refractivity contribution in [2.24, 2.45) is 0 Å². The Balaban J connectivity index is 2.25. The number of hydrogen-bond donors (Lipinski definition) is 1. The van der Waals surface area contributed by atoms with Gasteiger partial charge in [0.2, 0.25) is 0 Å². The third kappa shape index (κ3) is 2.80. The van der Waals surface area contributed by atoms with Gasteiger partial charge in [-0.1, -0.05) is 15.9 Å². The van der Waals surface area contributed by atoms with E-state index in [1.54, 1.807) is 0 Å². The molecule has 0 radical (unpaired) electrons. The highest BCUT2D eigenvalue weighted by Gasteiger charge is 2.27. The van der Waals surface area contributed by atoms with Crippen LogP contribution in [0.15, 0.2) is 28.7 Å². The zero-order valence-corrected chi connectivity index (χ0v) is 11.4. The van der Waals surface area contributed by atoms with Crippen molar-refractivity contribution in [1.29, 1.82) is 5.26 Å². The molecule has 4 heteroatoms. The minimum atomic E-state index is 0.268. The minimum Gasteiger partial charge on any atom is -0.362 e. The van der Waals surface area contributed by atoms with Crippen molar-refractivity contribution in [3.63, 3.8) is 0 Å². The number of benzene rings is 1. The predicted molar refractivity (Wildman–Crippen MR) is 73.0 cm³/mol. The van der Waals surface area contributed by atoms with Crippen LogP contribution in [0.3, 0.4) is 0 Å². The fourth-order valence-electron chi connectivity index (χ4n) is 2.37. The van der Waals surface area contributed by atoms with E-state index in [4.69, 9.17) is 5.26 Å². The van der Waals surface area contributed by atoms with Crippen molar-refractivity contribution in [3.8, 4) is 6.07 Å². The van der Waals surface area contributed by atoms with Crippen LogP contribution in [0.2, 0.25) is 0 Å². The quantitative estimate of drug-likeness (QED) is 0.911. The van der Waals surface area contributed by atoms with Gasteiger partial charge in [-0.05, 0) is 31.2 Å². The molecule has 2 unspecified atom stereocenters. The van der Waals surface area contributed by atoms with Gasteiger partial charge in [-0.3, -0.25) is 0 Å². The van der Waals surface area contributed by atoms with Crippen LogP contribution in [0.25, 0.3) is 0 Å².